The summed E-state index contributed by atoms with van der Waals surface area (Å²) in [4.78, 5) is 22.6. The monoisotopic (exact) mass is 487 g/mol. The molecule has 0 bridgehead atoms. The molecule has 182 valence electrons. The average Bonchev–Trinajstić information content (AvgIpc) is 3.31. The van der Waals surface area contributed by atoms with Gasteiger partial charge in [0.2, 0.25) is 5.75 Å². The van der Waals surface area contributed by atoms with Crippen LogP contribution in [0.15, 0.2) is 30.3 Å². The Morgan fingerprint density at radius 3 is 2.35 bits per heavy atom. The number of carbonyl (C=O) groups excluding carboxylic acids is 1. The quantitative estimate of drug-likeness (QED) is 0.455. The van der Waals surface area contributed by atoms with Crippen LogP contribution in [0.2, 0.25) is 0 Å². The van der Waals surface area contributed by atoms with E-state index in [9.17, 15) is 4.79 Å². The lowest BCUT2D eigenvalue weighted by molar-refractivity contribution is 0.0391. The number of nitrogens with zero attached hydrogens (tertiary/aromatic N) is 3. The first-order valence-electron chi connectivity index (χ1n) is 10.9. The number of morpholine rings is 1. The van der Waals surface area contributed by atoms with Gasteiger partial charge in [-0.2, -0.15) is 0 Å². The molecule has 1 saturated heterocycles. The summed E-state index contributed by atoms with van der Waals surface area (Å²) in [5.74, 6) is 1.84. The summed E-state index contributed by atoms with van der Waals surface area (Å²) in [5.41, 5.74) is 1.24. The first-order chi connectivity index (χ1) is 16.6. The van der Waals surface area contributed by atoms with Gasteiger partial charge in [-0.15, -0.1) is 0 Å². The zero-order valence-electron chi connectivity index (χ0n) is 19.8. The van der Waals surface area contributed by atoms with Gasteiger partial charge >= 0.3 is 0 Å². The number of benzene rings is 2. The van der Waals surface area contributed by atoms with Crippen LogP contribution in [0.5, 0.6) is 23.0 Å². The van der Waals surface area contributed by atoms with Gasteiger partial charge in [-0.25, -0.2) is 4.98 Å². The molecule has 0 N–H and O–H groups in total. The molecule has 0 atom stereocenters. The van der Waals surface area contributed by atoms with Crippen molar-refractivity contribution >= 4 is 32.6 Å². The minimum atomic E-state index is -0.196. The molecular weight excluding hydrogens is 458 g/mol. The summed E-state index contributed by atoms with van der Waals surface area (Å²) in [7, 11) is 6.23. The number of hydrogen-bond donors (Lipinski definition) is 0. The Kier molecular flexibility index (Phi) is 7.71. The Morgan fingerprint density at radius 2 is 1.74 bits per heavy atom. The van der Waals surface area contributed by atoms with Gasteiger partial charge in [0.1, 0.15) is 5.75 Å². The highest BCUT2D eigenvalue weighted by molar-refractivity contribution is 7.22. The number of carbonyl (C=O) groups is 1. The summed E-state index contributed by atoms with van der Waals surface area (Å²) in [6, 6.07) is 9.03. The third kappa shape index (κ3) is 5.03. The van der Waals surface area contributed by atoms with E-state index in [2.05, 4.69) is 4.90 Å². The minimum absolute atomic E-state index is 0.196. The van der Waals surface area contributed by atoms with E-state index < -0.39 is 0 Å². The smallest absolute Gasteiger partial charge is 0.260 e. The zero-order chi connectivity index (χ0) is 24.1. The average molecular weight is 488 g/mol. The Bertz CT molecular complexity index is 1120. The van der Waals surface area contributed by atoms with E-state index in [1.165, 1.54) is 32.7 Å². The van der Waals surface area contributed by atoms with Gasteiger partial charge < -0.3 is 23.7 Å². The second-order valence-corrected chi connectivity index (χ2v) is 8.66. The van der Waals surface area contributed by atoms with Gasteiger partial charge in [0.05, 0.1) is 51.9 Å². The van der Waals surface area contributed by atoms with Crippen molar-refractivity contribution in [3.05, 3.63) is 35.9 Å². The van der Waals surface area contributed by atoms with Crippen LogP contribution >= 0.6 is 11.3 Å². The van der Waals surface area contributed by atoms with Crippen LogP contribution in [0.4, 0.5) is 5.13 Å². The number of rotatable bonds is 9. The molecule has 0 unspecified atom stereocenters. The van der Waals surface area contributed by atoms with E-state index in [0.29, 0.717) is 54.2 Å². The third-order valence-corrected chi connectivity index (χ3v) is 6.76. The molecule has 2 aromatic carbocycles. The van der Waals surface area contributed by atoms with Gasteiger partial charge in [-0.1, -0.05) is 11.3 Å². The summed E-state index contributed by atoms with van der Waals surface area (Å²) in [6.07, 6.45) is 0. The number of fused-ring (bicyclic) bond motifs is 1. The maximum Gasteiger partial charge on any atom is 0.260 e. The molecule has 3 aromatic rings. The maximum absolute atomic E-state index is 13.8. The molecule has 0 radical (unpaired) electrons. The molecule has 1 fully saturated rings. The molecule has 0 saturated carbocycles. The van der Waals surface area contributed by atoms with Gasteiger partial charge in [-0.3, -0.25) is 14.6 Å². The topological polar surface area (TPSA) is 82.6 Å². The predicted octanol–water partition coefficient (Wildman–Crippen LogP) is 3.31. The number of methoxy groups -OCH3 is 4. The lowest BCUT2D eigenvalue weighted by Gasteiger charge is -2.29. The van der Waals surface area contributed by atoms with Crippen molar-refractivity contribution in [2.24, 2.45) is 0 Å². The number of ether oxygens (including phenoxy) is 5. The molecule has 0 aliphatic carbocycles. The Morgan fingerprint density at radius 1 is 1.03 bits per heavy atom. The van der Waals surface area contributed by atoms with Crippen LogP contribution in [0.25, 0.3) is 10.2 Å². The van der Waals surface area contributed by atoms with Crippen LogP contribution in [0.1, 0.15) is 10.4 Å². The highest BCUT2D eigenvalue weighted by Crippen LogP contribution is 2.39. The van der Waals surface area contributed by atoms with Gasteiger partial charge in [0.25, 0.3) is 5.91 Å². The Hall–Kier alpha value is -3.08. The molecule has 10 heteroatoms. The number of aromatic nitrogens is 1. The fraction of sp³-hybridized carbons (Fsp3) is 0.417. The highest BCUT2D eigenvalue weighted by atomic mass is 32.1. The fourth-order valence-electron chi connectivity index (χ4n) is 3.85. The molecule has 9 nitrogen and oxygen atoms in total. The first-order valence-corrected chi connectivity index (χ1v) is 11.8. The lowest BCUT2D eigenvalue weighted by atomic mass is 10.1. The Labute approximate surface area is 202 Å². The molecule has 0 spiro atoms. The van der Waals surface area contributed by atoms with E-state index in [-0.39, 0.29) is 5.91 Å². The second kappa shape index (κ2) is 10.9. The standard InChI is InChI=1S/C24H29N3O6S/c1-29-17-5-6-18-21(15-17)34-24(25-18)27(8-7-26-9-11-33-12-10-26)23(28)16-13-19(30-2)22(32-4)20(14-16)31-3/h5-6,13-15H,7-12H2,1-4H3. The minimum Gasteiger partial charge on any atom is -0.497 e. The van der Waals surface area contributed by atoms with Crippen molar-refractivity contribution in [1.82, 2.24) is 9.88 Å². The van der Waals surface area contributed by atoms with E-state index in [4.69, 9.17) is 28.7 Å². The number of hydrogen-bond acceptors (Lipinski definition) is 9. The van der Waals surface area contributed by atoms with Gasteiger partial charge in [0, 0.05) is 31.7 Å². The maximum atomic E-state index is 13.8. The van der Waals surface area contributed by atoms with E-state index in [1.807, 2.05) is 18.2 Å². The van der Waals surface area contributed by atoms with Crippen LogP contribution < -0.4 is 23.8 Å². The third-order valence-electron chi connectivity index (χ3n) is 5.72. The van der Waals surface area contributed by atoms with Gasteiger partial charge in [0.15, 0.2) is 16.6 Å². The normalized spacial score (nSPS) is 14.1. The Balaban J connectivity index is 1.70. The largest absolute Gasteiger partial charge is 0.497 e. The summed E-state index contributed by atoms with van der Waals surface area (Å²) < 4.78 is 28.1. The molecule has 2 heterocycles. The molecule has 1 aromatic heterocycles. The second-order valence-electron chi connectivity index (χ2n) is 7.65. The first kappa shape index (κ1) is 24.1. The van der Waals surface area contributed by atoms with Crippen molar-refractivity contribution in [3.63, 3.8) is 0 Å². The summed E-state index contributed by atoms with van der Waals surface area (Å²) in [5, 5.41) is 0.621. The lowest BCUT2D eigenvalue weighted by Crippen LogP contribution is -2.43. The van der Waals surface area contributed by atoms with E-state index in [1.54, 1.807) is 24.1 Å². The van der Waals surface area contributed by atoms with Crippen LogP contribution in [0, 0.1) is 0 Å². The molecule has 1 aliphatic heterocycles. The fourth-order valence-corrected chi connectivity index (χ4v) is 4.86. The highest BCUT2D eigenvalue weighted by Gasteiger charge is 2.25. The zero-order valence-corrected chi connectivity index (χ0v) is 20.6. The number of anilines is 1. The van der Waals surface area contributed by atoms with Crippen molar-refractivity contribution in [1.29, 1.82) is 0 Å². The molecule has 1 amide bonds. The molecular formula is C24H29N3O6S. The van der Waals surface area contributed by atoms with Crippen LogP contribution in [-0.2, 0) is 4.74 Å². The number of amides is 1. The molecule has 34 heavy (non-hydrogen) atoms. The van der Waals surface area contributed by atoms with Crippen molar-refractivity contribution < 1.29 is 28.5 Å². The SMILES string of the molecule is COc1ccc2nc(N(CCN3CCOCC3)C(=O)c3cc(OC)c(OC)c(OC)c3)sc2c1. The predicted molar refractivity (Wildman–Crippen MR) is 131 cm³/mol. The molecule has 1 aliphatic rings. The number of thiazole rings is 1. The summed E-state index contributed by atoms with van der Waals surface area (Å²) in [6.45, 7) is 4.25. The summed E-state index contributed by atoms with van der Waals surface area (Å²) >= 11 is 1.46. The van der Waals surface area contributed by atoms with Crippen LogP contribution in [-0.4, -0.2) is 83.6 Å². The van der Waals surface area contributed by atoms with E-state index >= 15 is 0 Å². The van der Waals surface area contributed by atoms with Crippen molar-refractivity contribution in [3.8, 4) is 23.0 Å². The molecule has 4 rings (SSSR count). The van der Waals surface area contributed by atoms with E-state index in [0.717, 1.165) is 29.1 Å². The van der Waals surface area contributed by atoms with Gasteiger partial charge in [-0.05, 0) is 30.3 Å². The van der Waals surface area contributed by atoms with Crippen molar-refractivity contribution in [2.75, 3.05) is 72.7 Å². The van der Waals surface area contributed by atoms with Crippen LogP contribution in [0.3, 0.4) is 0 Å². The van der Waals surface area contributed by atoms with Crippen molar-refractivity contribution in [2.45, 2.75) is 0 Å².